The number of aliphatic hydroxyl groups is 1. The van der Waals surface area contributed by atoms with Gasteiger partial charge in [0.2, 0.25) is 0 Å². The van der Waals surface area contributed by atoms with Crippen LogP contribution in [-0.4, -0.2) is 24.3 Å². The smallest absolute Gasteiger partial charge is 0.336 e. The van der Waals surface area contributed by atoms with Crippen molar-refractivity contribution < 1.29 is 14.6 Å². The first-order chi connectivity index (χ1) is 4.76. The van der Waals surface area contributed by atoms with Gasteiger partial charge in [-0.05, 0) is 11.9 Å². The van der Waals surface area contributed by atoms with Crippen LogP contribution >= 0.6 is 15.9 Å². The maximum atomic E-state index is 10.7. The summed E-state index contributed by atoms with van der Waals surface area (Å²) in [5.74, 6) is -0.484. The fourth-order valence-electron chi connectivity index (χ4n) is 0.367. The molecule has 1 N–H and O–H groups in total. The fourth-order valence-corrected chi connectivity index (χ4v) is 0.699. The van der Waals surface area contributed by atoms with E-state index in [2.05, 4.69) is 20.7 Å². The Labute approximate surface area is 67.8 Å². The summed E-state index contributed by atoms with van der Waals surface area (Å²) in [4.78, 5) is 12.1. The van der Waals surface area contributed by atoms with E-state index in [-0.39, 0.29) is 12.2 Å². The van der Waals surface area contributed by atoms with E-state index in [0.29, 0.717) is 6.61 Å². The number of carbonyl (C=O) groups is 1. The van der Waals surface area contributed by atoms with Crippen LogP contribution in [0.1, 0.15) is 6.92 Å². The van der Waals surface area contributed by atoms with Crippen LogP contribution in [0, 0.1) is 0 Å². The van der Waals surface area contributed by atoms with Crippen molar-refractivity contribution in [2.75, 3.05) is 13.2 Å². The van der Waals surface area contributed by atoms with Crippen LogP contribution in [0.5, 0.6) is 0 Å². The molecule has 0 saturated carbocycles. The van der Waals surface area contributed by atoms with E-state index in [0.717, 1.165) is 0 Å². The van der Waals surface area contributed by atoms with Gasteiger partial charge in [-0.3, -0.25) is 0 Å². The maximum Gasteiger partial charge on any atom is 0.336 e. The molecule has 0 rings (SSSR count). The molecule has 0 aliphatic rings. The van der Waals surface area contributed by atoms with Gasteiger partial charge in [-0.15, -0.1) is 0 Å². The molecule has 0 radical (unpaired) electrons. The Morgan fingerprint density at radius 2 is 2.40 bits per heavy atom. The first-order valence-corrected chi connectivity index (χ1v) is 3.75. The van der Waals surface area contributed by atoms with Crippen LogP contribution in [0.15, 0.2) is 10.6 Å². The average Bonchev–Trinajstić information content (AvgIpc) is 1.91. The largest absolute Gasteiger partial charge is 0.463 e. The van der Waals surface area contributed by atoms with Crippen LogP contribution < -0.4 is 0 Å². The summed E-state index contributed by atoms with van der Waals surface area (Å²) in [6.45, 7) is 1.73. The van der Waals surface area contributed by atoms with Crippen molar-refractivity contribution in [3.63, 3.8) is 0 Å². The maximum absolute atomic E-state index is 10.7. The standard InChI is InChI=1S/C6H9BrO3/c1-2-10-6(9)5(3-7)4-8/h3,8H,2,4H2,1H3/b5-3+. The predicted molar refractivity (Wildman–Crippen MR) is 40.7 cm³/mol. The number of halogens is 1. The Balaban J connectivity index is 3.91. The minimum Gasteiger partial charge on any atom is -0.463 e. The Morgan fingerprint density at radius 1 is 1.80 bits per heavy atom. The number of hydrogen-bond donors (Lipinski definition) is 1. The molecule has 0 amide bonds. The minimum atomic E-state index is -0.484. The molecule has 0 saturated heterocycles. The normalized spacial score (nSPS) is 11.3. The molecule has 0 unspecified atom stereocenters. The SMILES string of the molecule is CCOC(=O)/C(=C/Br)CO. The van der Waals surface area contributed by atoms with Crippen LogP contribution in [0.25, 0.3) is 0 Å². The van der Waals surface area contributed by atoms with Gasteiger partial charge >= 0.3 is 5.97 Å². The first kappa shape index (κ1) is 9.65. The molecule has 0 aliphatic carbocycles. The summed E-state index contributed by atoms with van der Waals surface area (Å²) in [6, 6.07) is 0. The van der Waals surface area contributed by atoms with E-state index in [1.54, 1.807) is 6.92 Å². The highest BCUT2D eigenvalue weighted by molar-refractivity contribution is 9.11. The Kier molecular flexibility index (Phi) is 5.25. The number of ether oxygens (including phenoxy) is 1. The molecule has 0 aromatic carbocycles. The van der Waals surface area contributed by atoms with E-state index in [1.165, 1.54) is 4.99 Å². The van der Waals surface area contributed by atoms with Crippen LogP contribution in [0.4, 0.5) is 0 Å². The third-order valence-corrected chi connectivity index (χ3v) is 1.39. The van der Waals surface area contributed by atoms with Crippen LogP contribution in [-0.2, 0) is 9.53 Å². The second-order valence-corrected chi connectivity index (χ2v) is 1.97. The fraction of sp³-hybridized carbons (Fsp3) is 0.500. The van der Waals surface area contributed by atoms with E-state index in [1.807, 2.05) is 0 Å². The summed E-state index contributed by atoms with van der Waals surface area (Å²) in [6.07, 6.45) is 0. The summed E-state index contributed by atoms with van der Waals surface area (Å²) in [5.41, 5.74) is 0.224. The van der Waals surface area contributed by atoms with Crippen molar-refractivity contribution in [3.05, 3.63) is 10.6 Å². The van der Waals surface area contributed by atoms with Gasteiger partial charge in [-0.25, -0.2) is 4.79 Å². The number of rotatable bonds is 3. The second kappa shape index (κ2) is 5.44. The molecule has 0 fully saturated rings. The van der Waals surface area contributed by atoms with Crippen molar-refractivity contribution in [1.82, 2.24) is 0 Å². The lowest BCUT2D eigenvalue weighted by Crippen LogP contribution is -2.09. The summed E-state index contributed by atoms with van der Waals surface area (Å²) >= 11 is 2.92. The summed E-state index contributed by atoms with van der Waals surface area (Å²) in [5, 5.41) is 8.52. The van der Waals surface area contributed by atoms with Gasteiger partial charge < -0.3 is 9.84 Å². The highest BCUT2D eigenvalue weighted by Gasteiger charge is 2.06. The number of esters is 1. The quantitative estimate of drug-likeness (QED) is 0.552. The number of aliphatic hydroxyl groups excluding tert-OH is 1. The molecule has 3 nitrogen and oxygen atoms in total. The van der Waals surface area contributed by atoms with Gasteiger partial charge in [0.05, 0.1) is 18.8 Å². The van der Waals surface area contributed by atoms with Gasteiger partial charge in [-0.1, -0.05) is 15.9 Å². The van der Waals surface area contributed by atoms with Crippen LogP contribution in [0.3, 0.4) is 0 Å². The molecule has 58 valence electrons. The molecule has 0 aromatic heterocycles. The highest BCUT2D eigenvalue weighted by atomic mass is 79.9. The molecular weight excluding hydrogens is 200 g/mol. The Hall–Kier alpha value is -0.350. The molecule has 0 atom stereocenters. The van der Waals surface area contributed by atoms with Crippen molar-refractivity contribution in [2.24, 2.45) is 0 Å². The monoisotopic (exact) mass is 208 g/mol. The molecule has 0 bridgehead atoms. The van der Waals surface area contributed by atoms with Crippen molar-refractivity contribution in [1.29, 1.82) is 0 Å². The number of carbonyl (C=O) groups excluding carboxylic acids is 1. The zero-order chi connectivity index (χ0) is 7.98. The lowest BCUT2D eigenvalue weighted by atomic mass is 10.3. The molecular formula is C6H9BrO3. The third kappa shape index (κ3) is 2.98. The third-order valence-electron chi connectivity index (χ3n) is 0.840. The molecule has 0 aliphatic heterocycles. The van der Waals surface area contributed by atoms with E-state index in [4.69, 9.17) is 5.11 Å². The Bertz CT molecular complexity index is 142. The molecule has 0 spiro atoms. The van der Waals surface area contributed by atoms with Crippen molar-refractivity contribution >= 4 is 21.9 Å². The second-order valence-electron chi connectivity index (χ2n) is 1.51. The van der Waals surface area contributed by atoms with Crippen molar-refractivity contribution in [3.8, 4) is 0 Å². The van der Waals surface area contributed by atoms with Crippen LogP contribution in [0.2, 0.25) is 0 Å². The average molecular weight is 209 g/mol. The molecule has 0 aromatic rings. The lowest BCUT2D eigenvalue weighted by molar-refractivity contribution is -0.138. The zero-order valence-corrected chi connectivity index (χ0v) is 7.22. The minimum absolute atomic E-state index is 0.224. The molecule has 10 heavy (non-hydrogen) atoms. The lowest BCUT2D eigenvalue weighted by Gasteiger charge is -2.00. The van der Waals surface area contributed by atoms with E-state index in [9.17, 15) is 4.79 Å². The topological polar surface area (TPSA) is 46.5 Å². The summed E-state index contributed by atoms with van der Waals surface area (Å²) in [7, 11) is 0. The molecule has 0 heterocycles. The summed E-state index contributed by atoms with van der Waals surface area (Å²) < 4.78 is 4.59. The highest BCUT2D eigenvalue weighted by Crippen LogP contribution is 1.99. The van der Waals surface area contributed by atoms with Gasteiger partial charge in [0, 0.05) is 0 Å². The van der Waals surface area contributed by atoms with Gasteiger partial charge in [-0.2, -0.15) is 0 Å². The van der Waals surface area contributed by atoms with Gasteiger partial charge in [0.1, 0.15) is 0 Å². The van der Waals surface area contributed by atoms with E-state index < -0.39 is 5.97 Å². The van der Waals surface area contributed by atoms with E-state index >= 15 is 0 Å². The zero-order valence-electron chi connectivity index (χ0n) is 5.63. The Morgan fingerprint density at radius 3 is 2.70 bits per heavy atom. The van der Waals surface area contributed by atoms with Gasteiger partial charge in [0.25, 0.3) is 0 Å². The number of hydrogen-bond acceptors (Lipinski definition) is 3. The predicted octanol–water partition coefficient (Wildman–Crippen LogP) is 0.821. The van der Waals surface area contributed by atoms with Crippen molar-refractivity contribution in [2.45, 2.75) is 6.92 Å². The van der Waals surface area contributed by atoms with Gasteiger partial charge in [0.15, 0.2) is 0 Å². The molecule has 4 heteroatoms. The first-order valence-electron chi connectivity index (χ1n) is 2.83.